The molecule has 0 radical (unpaired) electrons. The zero-order valence-corrected chi connectivity index (χ0v) is 20.1. The summed E-state index contributed by atoms with van der Waals surface area (Å²) < 4.78 is 0. The van der Waals surface area contributed by atoms with Crippen LogP contribution in [0.2, 0.25) is 0 Å². The van der Waals surface area contributed by atoms with Crippen molar-refractivity contribution in [3.63, 3.8) is 0 Å². The second kappa shape index (κ2) is 8.34. The molecular weight excluding hydrogens is 461 g/mol. The maximum atomic E-state index is 5.22. The third kappa shape index (κ3) is 3.56. The molecule has 1 aliphatic carbocycles. The first kappa shape index (κ1) is 20.6. The molecule has 0 bridgehead atoms. The summed E-state index contributed by atoms with van der Waals surface area (Å²) in [5, 5.41) is 1.04. The number of halogens is 1. The number of hydrogen-bond acceptors (Lipinski definition) is 1. The van der Waals surface area contributed by atoms with Crippen LogP contribution in [-0.2, 0) is 19.0 Å². The van der Waals surface area contributed by atoms with Gasteiger partial charge in [0.1, 0.15) is 0 Å². The number of pyridine rings is 1. The number of aromatic nitrogens is 1. The molecule has 0 unspecified atom stereocenters. The fourth-order valence-electron chi connectivity index (χ4n) is 4.96. The van der Waals surface area contributed by atoms with Crippen LogP contribution >= 0.6 is 20.8 Å². The molecule has 0 N–H and O–H groups in total. The summed E-state index contributed by atoms with van der Waals surface area (Å²) in [6.45, 7) is 0. The van der Waals surface area contributed by atoms with Crippen molar-refractivity contribution in [2.75, 3.05) is 0 Å². The molecule has 3 heteroatoms. The van der Waals surface area contributed by atoms with Crippen molar-refractivity contribution in [3.05, 3.63) is 120 Å². The van der Waals surface area contributed by atoms with Crippen LogP contribution in [0.25, 0.3) is 0 Å². The molecule has 5 rings (SSSR count). The first-order chi connectivity index (χ1) is 15.2. The van der Waals surface area contributed by atoms with Crippen LogP contribution in [0.4, 0.5) is 0 Å². The van der Waals surface area contributed by atoms with E-state index in [0.29, 0.717) is 0 Å². The average molecular weight is 488 g/mol. The van der Waals surface area contributed by atoms with Crippen molar-refractivity contribution in [1.82, 2.24) is 4.98 Å². The molecule has 0 atom stereocenters. The Bertz CT molecular complexity index is 1080. The molecule has 1 heterocycles. The van der Waals surface area contributed by atoms with Crippen LogP contribution in [0.5, 0.6) is 0 Å². The van der Waals surface area contributed by atoms with E-state index in [0.717, 1.165) is 19.0 Å². The maximum absolute atomic E-state index is 5.22. The topological polar surface area (TPSA) is 12.9 Å². The third-order valence-corrected chi connectivity index (χ3v) is 16.1. The predicted octanol–water partition coefficient (Wildman–Crippen LogP) is 6.30. The molecule has 1 aromatic heterocycles. The number of rotatable bonds is 5. The molecule has 3 aromatic carbocycles. The second-order valence-electron chi connectivity index (χ2n) is 8.46. The molecule has 0 saturated heterocycles. The zero-order valence-electron chi connectivity index (χ0n) is 17.6. The molecule has 0 amide bonds. The molecule has 1 aliphatic rings. The summed E-state index contributed by atoms with van der Waals surface area (Å²) in [5.74, 6) is 0. The van der Waals surface area contributed by atoms with Crippen molar-refractivity contribution in [1.29, 1.82) is 0 Å². The van der Waals surface area contributed by atoms with Gasteiger partial charge in [-0.3, -0.25) is 0 Å². The van der Waals surface area contributed by atoms with Gasteiger partial charge in [0.25, 0.3) is 0 Å². The quantitative estimate of drug-likeness (QED) is 0.301. The average Bonchev–Trinajstić information content (AvgIpc) is 2.86. The number of benzene rings is 3. The summed E-state index contributed by atoms with van der Waals surface area (Å²) in [7, 11) is 0. The summed E-state index contributed by atoms with van der Waals surface area (Å²) in [4.78, 5) is 5.22. The Morgan fingerprint density at radius 3 is 1.61 bits per heavy atom. The van der Waals surface area contributed by atoms with E-state index in [1.54, 1.807) is 0 Å². The minimum atomic E-state index is -2.98. The normalized spacial score (nSPS) is 14.9. The van der Waals surface area contributed by atoms with E-state index in [-0.39, 0.29) is 0 Å². The molecule has 1 nitrogen and oxygen atoms in total. The second-order valence-corrected chi connectivity index (χ2v) is 17.4. The predicted molar refractivity (Wildman–Crippen MR) is 139 cm³/mol. The van der Waals surface area contributed by atoms with Crippen LogP contribution in [0.1, 0.15) is 29.8 Å². The Morgan fingerprint density at radius 2 is 1.10 bits per heavy atom. The number of nitrogens with zero attached hydrogens (tertiary/aromatic N) is 1. The summed E-state index contributed by atoms with van der Waals surface area (Å²) >= 11 is 4.54. The van der Waals surface area contributed by atoms with Gasteiger partial charge in [-0.2, -0.15) is 0 Å². The molecule has 0 aliphatic heterocycles. The molecular formula is C28H27BrNP. The van der Waals surface area contributed by atoms with E-state index in [4.69, 9.17) is 4.98 Å². The molecule has 4 aromatic rings. The van der Waals surface area contributed by atoms with E-state index in [2.05, 4.69) is 119 Å². The number of hydrogen-bond donors (Lipinski definition) is 0. The van der Waals surface area contributed by atoms with Crippen molar-refractivity contribution in [2.24, 2.45) is 0 Å². The fraction of sp³-hybridized carbons (Fsp3) is 0.179. The van der Waals surface area contributed by atoms with Gasteiger partial charge in [0.2, 0.25) is 0 Å². The van der Waals surface area contributed by atoms with E-state index in [9.17, 15) is 0 Å². The summed E-state index contributed by atoms with van der Waals surface area (Å²) in [6, 6.07) is 37.5. The van der Waals surface area contributed by atoms with Crippen LogP contribution in [-0.4, -0.2) is 4.98 Å². The van der Waals surface area contributed by atoms with Crippen LogP contribution in [0, 0.1) is 0 Å². The zero-order chi connectivity index (χ0) is 21.2. The Morgan fingerprint density at radius 1 is 0.613 bits per heavy atom. The van der Waals surface area contributed by atoms with E-state index >= 15 is 0 Å². The molecule has 0 spiro atoms. The first-order valence-corrected chi connectivity index (χ1v) is 15.5. The van der Waals surface area contributed by atoms with Gasteiger partial charge in [0, 0.05) is 0 Å². The molecule has 0 saturated carbocycles. The Balaban J connectivity index is 1.78. The minimum absolute atomic E-state index is 0.858. The van der Waals surface area contributed by atoms with Gasteiger partial charge in [-0.25, -0.2) is 0 Å². The molecule has 156 valence electrons. The SMILES string of the molecule is BrP(Cc1ccc2c(n1)CCCC2)(c1ccccc1)(c1ccccc1)c1ccccc1. The van der Waals surface area contributed by atoms with Crippen LogP contribution in [0.3, 0.4) is 0 Å². The molecule has 31 heavy (non-hydrogen) atoms. The van der Waals surface area contributed by atoms with Crippen LogP contribution < -0.4 is 15.9 Å². The number of aryl methyl sites for hydroxylation is 2. The Kier molecular flexibility index (Phi) is 5.54. The van der Waals surface area contributed by atoms with Crippen molar-refractivity contribution >= 4 is 36.7 Å². The van der Waals surface area contributed by atoms with Crippen molar-refractivity contribution in [2.45, 2.75) is 31.8 Å². The summed E-state index contributed by atoms with van der Waals surface area (Å²) in [5.41, 5.74) is 3.91. The number of fused-ring (bicyclic) bond motifs is 1. The first-order valence-electron chi connectivity index (χ1n) is 11.1. The van der Waals surface area contributed by atoms with E-state index in [1.165, 1.54) is 45.7 Å². The monoisotopic (exact) mass is 487 g/mol. The van der Waals surface area contributed by atoms with Gasteiger partial charge in [-0.05, 0) is 0 Å². The Hall–Kier alpha value is -2.28. The van der Waals surface area contributed by atoms with E-state index in [1.807, 2.05) is 0 Å². The van der Waals surface area contributed by atoms with E-state index < -0.39 is 5.31 Å². The van der Waals surface area contributed by atoms with Gasteiger partial charge in [-0.15, -0.1) is 0 Å². The van der Waals surface area contributed by atoms with Gasteiger partial charge >= 0.3 is 194 Å². The Labute approximate surface area is 193 Å². The fourth-order valence-corrected chi connectivity index (χ4v) is 12.5. The van der Waals surface area contributed by atoms with Gasteiger partial charge in [0.05, 0.1) is 0 Å². The van der Waals surface area contributed by atoms with Gasteiger partial charge < -0.3 is 0 Å². The van der Waals surface area contributed by atoms with Crippen molar-refractivity contribution in [3.8, 4) is 0 Å². The van der Waals surface area contributed by atoms with Gasteiger partial charge in [0.15, 0.2) is 0 Å². The standard InChI is InChI=1S/C28H27BrNP/c29-31(25-13-4-1-5-14-25,26-15-6-2-7-16-26,27-17-8-3-9-18-27)22-24-21-20-23-12-10-11-19-28(23)30-24/h1-9,13-18,20-21H,10-12,19,22H2. The third-order valence-electron chi connectivity index (χ3n) is 6.58. The van der Waals surface area contributed by atoms with Crippen molar-refractivity contribution < 1.29 is 0 Å². The molecule has 0 fully saturated rings. The summed E-state index contributed by atoms with van der Waals surface area (Å²) in [6.07, 6.45) is 5.65. The van der Waals surface area contributed by atoms with Gasteiger partial charge in [-0.1, -0.05) is 0 Å². The van der Waals surface area contributed by atoms with Crippen LogP contribution in [0.15, 0.2) is 103 Å².